The minimum absolute atomic E-state index is 0.0416. The Bertz CT molecular complexity index is 639. The molecule has 2 saturated heterocycles. The minimum atomic E-state index is -0.533. The van der Waals surface area contributed by atoms with E-state index in [1.54, 1.807) is 6.08 Å². The lowest BCUT2D eigenvalue weighted by Crippen LogP contribution is -2.27. The molecule has 2 heterocycles. The number of hydrogen-bond donors (Lipinski definition) is 2. The Morgan fingerprint density at radius 1 is 1.26 bits per heavy atom. The molecular weight excluding hydrogens is 340 g/mol. The number of allylic oxidation sites excluding steroid dienone is 1. The van der Waals surface area contributed by atoms with Crippen molar-refractivity contribution in [2.75, 3.05) is 13.2 Å². The fraction of sp³-hybridized carbons (Fsp3) is 0.565. The van der Waals surface area contributed by atoms with Gasteiger partial charge in [0.05, 0.1) is 30.7 Å². The van der Waals surface area contributed by atoms with Crippen LogP contribution in [0.4, 0.5) is 0 Å². The third-order valence-corrected chi connectivity index (χ3v) is 5.94. The highest BCUT2D eigenvalue weighted by atomic mass is 16.5. The Hall–Kier alpha value is -1.62. The number of fused-ring (bicyclic) bond motifs is 2. The van der Waals surface area contributed by atoms with Crippen molar-refractivity contribution in [3.8, 4) is 0 Å². The van der Waals surface area contributed by atoms with Crippen LogP contribution in [0.25, 0.3) is 0 Å². The van der Waals surface area contributed by atoms with Gasteiger partial charge in [0.15, 0.2) is 0 Å². The molecule has 4 heteroatoms. The van der Waals surface area contributed by atoms with Gasteiger partial charge >= 0.3 is 0 Å². The second kappa shape index (κ2) is 9.54. The molecule has 2 N–H and O–H groups in total. The minimum Gasteiger partial charge on any atom is -0.513 e. The van der Waals surface area contributed by atoms with Gasteiger partial charge in [-0.1, -0.05) is 49.4 Å². The van der Waals surface area contributed by atoms with Gasteiger partial charge in [0.1, 0.15) is 0 Å². The highest BCUT2D eigenvalue weighted by molar-refractivity contribution is 5.22. The van der Waals surface area contributed by atoms with Gasteiger partial charge in [-0.05, 0) is 31.4 Å². The molecule has 2 fully saturated rings. The molecule has 0 amide bonds. The zero-order valence-corrected chi connectivity index (χ0v) is 16.3. The molecule has 27 heavy (non-hydrogen) atoms. The smallest absolute Gasteiger partial charge is 0.0909 e. The topological polar surface area (TPSA) is 58.9 Å². The van der Waals surface area contributed by atoms with E-state index in [0.717, 1.165) is 18.4 Å². The lowest BCUT2D eigenvalue weighted by Gasteiger charge is -2.26. The van der Waals surface area contributed by atoms with Crippen LogP contribution in [0.1, 0.15) is 44.6 Å². The second-order valence-electron chi connectivity index (χ2n) is 7.67. The standard InChI is InChI=1S/C23H32O4/c1-3-26-14-13-18(24)15-20-19(22-11-12-23(20)27-22)9-10-21(25)16(2)17-7-5-4-6-8-17/h4-10,13,16,19-25H,3,11-12,14-15H2,1-2H3/b10-9+,18-13+/t16?,19-,20+,21?,22-,23+/m0/s1. The van der Waals surface area contributed by atoms with E-state index in [0.29, 0.717) is 25.4 Å². The molecule has 4 nitrogen and oxygen atoms in total. The SMILES string of the molecule is CCOC/C=C(/O)C[C@@H]1[C@H](/C=C/C(O)C(C)c2ccccc2)[C@@H]2CC[C@H]1O2. The van der Waals surface area contributed by atoms with Gasteiger partial charge in [0.25, 0.3) is 0 Å². The first-order valence-electron chi connectivity index (χ1n) is 10.1. The monoisotopic (exact) mass is 372 g/mol. The maximum absolute atomic E-state index is 10.6. The van der Waals surface area contributed by atoms with Gasteiger partial charge in [-0.3, -0.25) is 0 Å². The second-order valence-corrected chi connectivity index (χ2v) is 7.67. The molecule has 2 aliphatic heterocycles. The molecule has 3 rings (SSSR count). The maximum atomic E-state index is 10.6. The molecule has 6 atom stereocenters. The van der Waals surface area contributed by atoms with Gasteiger partial charge in [-0.15, -0.1) is 0 Å². The predicted octanol–water partition coefficient (Wildman–Crippen LogP) is 4.37. The van der Waals surface area contributed by atoms with E-state index >= 15 is 0 Å². The Labute approximate surface area is 162 Å². The van der Waals surface area contributed by atoms with Crippen LogP contribution in [0.15, 0.2) is 54.3 Å². The highest BCUT2D eigenvalue weighted by Crippen LogP contribution is 2.46. The van der Waals surface area contributed by atoms with Gasteiger partial charge in [-0.25, -0.2) is 0 Å². The molecule has 1 aromatic rings. The summed E-state index contributed by atoms with van der Waals surface area (Å²) in [6.45, 7) is 5.07. The van der Waals surface area contributed by atoms with Crippen molar-refractivity contribution in [1.29, 1.82) is 0 Å². The van der Waals surface area contributed by atoms with Crippen LogP contribution in [0, 0.1) is 11.8 Å². The fourth-order valence-corrected chi connectivity index (χ4v) is 4.31. The molecule has 2 aliphatic rings. The molecule has 148 valence electrons. The van der Waals surface area contributed by atoms with Gasteiger partial charge < -0.3 is 19.7 Å². The summed E-state index contributed by atoms with van der Waals surface area (Å²) in [7, 11) is 0. The zero-order chi connectivity index (χ0) is 19.2. The number of hydrogen-bond acceptors (Lipinski definition) is 4. The summed E-state index contributed by atoms with van der Waals surface area (Å²) in [6, 6.07) is 10.1. The molecule has 0 radical (unpaired) electrons. The Morgan fingerprint density at radius 2 is 2.00 bits per heavy atom. The molecular formula is C23H32O4. The Kier molecular flexibility index (Phi) is 7.11. The molecule has 0 spiro atoms. The average Bonchev–Trinajstić information content (AvgIpc) is 3.28. The largest absolute Gasteiger partial charge is 0.513 e. The van der Waals surface area contributed by atoms with Crippen molar-refractivity contribution in [2.45, 2.75) is 57.3 Å². The quantitative estimate of drug-likeness (QED) is 0.384. The van der Waals surface area contributed by atoms with Gasteiger partial charge in [0.2, 0.25) is 0 Å². The zero-order valence-electron chi connectivity index (χ0n) is 16.3. The van der Waals surface area contributed by atoms with E-state index in [2.05, 4.69) is 6.08 Å². The van der Waals surface area contributed by atoms with Gasteiger partial charge in [-0.2, -0.15) is 0 Å². The molecule has 2 unspecified atom stereocenters. The van der Waals surface area contributed by atoms with Crippen molar-refractivity contribution in [2.24, 2.45) is 11.8 Å². The van der Waals surface area contributed by atoms with Crippen LogP contribution in [0.3, 0.4) is 0 Å². The summed E-state index contributed by atoms with van der Waals surface area (Å²) in [5, 5.41) is 20.9. The van der Waals surface area contributed by atoms with Crippen molar-refractivity contribution >= 4 is 0 Å². The van der Waals surface area contributed by atoms with Crippen LogP contribution in [0.5, 0.6) is 0 Å². The van der Waals surface area contributed by atoms with E-state index in [1.165, 1.54) is 0 Å². The summed E-state index contributed by atoms with van der Waals surface area (Å²) in [5.41, 5.74) is 1.13. The third-order valence-electron chi connectivity index (χ3n) is 5.94. The summed E-state index contributed by atoms with van der Waals surface area (Å²) in [6.07, 6.45) is 8.39. The lowest BCUT2D eigenvalue weighted by atomic mass is 9.76. The van der Waals surface area contributed by atoms with Crippen LogP contribution >= 0.6 is 0 Å². The van der Waals surface area contributed by atoms with E-state index in [4.69, 9.17) is 9.47 Å². The molecule has 0 aliphatic carbocycles. The number of benzene rings is 1. The first-order valence-corrected chi connectivity index (χ1v) is 10.1. The van der Waals surface area contributed by atoms with E-state index < -0.39 is 6.10 Å². The van der Waals surface area contributed by atoms with Crippen molar-refractivity contribution in [3.05, 3.63) is 59.9 Å². The molecule has 0 saturated carbocycles. The first kappa shape index (κ1) is 20.1. The third kappa shape index (κ3) is 5.01. The summed E-state index contributed by atoms with van der Waals surface area (Å²) < 4.78 is 11.4. The Balaban J connectivity index is 1.63. The summed E-state index contributed by atoms with van der Waals surface area (Å²) in [5.74, 6) is 0.919. The van der Waals surface area contributed by atoms with Crippen molar-refractivity contribution < 1.29 is 19.7 Å². The summed E-state index contributed by atoms with van der Waals surface area (Å²) in [4.78, 5) is 0. The molecule has 1 aromatic carbocycles. The van der Waals surface area contributed by atoms with E-state index in [-0.39, 0.29) is 30.0 Å². The summed E-state index contributed by atoms with van der Waals surface area (Å²) >= 11 is 0. The number of aliphatic hydroxyl groups is 2. The van der Waals surface area contributed by atoms with Crippen LogP contribution < -0.4 is 0 Å². The van der Waals surface area contributed by atoms with Crippen LogP contribution in [-0.2, 0) is 9.47 Å². The average molecular weight is 373 g/mol. The first-order chi connectivity index (χ1) is 13.1. The number of ether oxygens (including phenoxy) is 2. The highest BCUT2D eigenvalue weighted by Gasteiger charge is 2.47. The predicted molar refractivity (Wildman–Crippen MR) is 107 cm³/mol. The maximum Gasteiger partial charge on any atom is 0.0909 e. The van der Waals surface area contributed by atoms with Gasteiger partial charge in [0, 0.05) is 30.8 Å². The van der Waals surface area contributed by atoms with E-state index in [1.807, 2.05) is 50.3 Å². The van der Waals surface area contributed by atoms with E-state index in [9.17, 15) is 10.2 Å². The Morgan fingerprint density at radius 3 is 2.74 bits per heavy atom. The lowest BCUT2D eigenvalue weighted by molar-refractivity contribution is 0.0882. The van der Waals surface area contributed by atoms with Crippen molar-refractivity contribution in [3.63, 3.8) is 0 Å². The van der Waals surface area contributed by atoms with Crippen LogP contribution in [-0.4, -0.2) is 41.7 Å². The molecule has 0 aromatic heterocycles. The normalized spacial score (nSPS) is 30.1. The van der Waals surface area contributed by atoms with Crippen molar-refractivity contribution in [1.82, 2.24) is 0 Å². The number of aliphatic hydroxyl groups excluding tert-OH is 2. The van der Waals surface area contributed by atoms with Crippen LogP contribution in [0.2, 0.25) is 0 Å². The number of rotatable bonds is 9. The fourth-order valence-electron chi connectivity index (χ4n) is 4.31. The molecule has 2 bridgehead atoms.